The molecule has 1 amide bonds. The molecule has 3 aromatic rings. The van der Waals surface area contributed by atoms with Crippen LogP contribution in [0.5, 0.6) is 0 Å². The molecule has 2 N–H and O–H groups in total. The van der Waals surface area contributed by atoms with Crippen LogP contribution in [0.4, 0.5) is 5.69 Å². The largest absolute Gasteiger partial charge is 0.325 e. The average molecular weight is 359 g/mol. The maximum atomic E-state index is 12.2. The summed E-state index contributed by atoms with van der Waals surface area (Å²) in [6, 6.07) is 16.7. The topological polar surface area (TPSA) is 70.7 Å². The fraction of sp³-hybridized carbons (Fsp3) is 0.118. The molecular formula is C17H15ClN4OS. The Labute approximate surface area is 148 Å². The van der Waals surface area contributed by atoms with E-state index in [2.05, 4.69) is 20.5 Å². The van der Waals surface area contributed by atoms with Gasteiger partial charge in [0.05, 0.1) is 5.25 Å². The summed E-state index contributed by atoms with van der Waals surface area (Å²) in [6.07, 6.45) is 0. The number of anilines is 1. The molecule has 1 atom stereocenters. The second kappa shape index (κ2) is 7.51. The predicted octanol–water partition coefficient (Wildman–Crippen LogP) is 4.24. The van der Waals surface area contributed by atoms with Crippen molar-refractivity contribution in [3.8, 4) is 11.4 Å². The molecule has 24 heavy (non-hydrogen) atoms. The van der Waals surface area contributed by atoms with Gasteiger partial charge in [-0.1, -0.05) is 53.7 Å². The Bertz CT molecular complexity index is 820. The van der Waals surface area contributed by atoms with Gasteiger partial charge in [-0.15, -0.1) is 5.10 Å². The number of amides is 1. The number of thioether (sulfide) groups is 1. The first-order valence-corrected chi connectivity index (χ1v) is 8.58. The zero-order chi connectivity index (χ0) is 16.9. The minimum absolute atomic E-state index is 0.117. The van der Waals surface area contributed by atoms with Gasteiger partial charge in [0.1, 0.15) is 0 Å². The van der Waals surface area contributed by atoms with Gasteiger partial charge in [0.25, 0.3) is 0 Å². The third-order valence-electron chi connectivity index (χ3n) is 3.28. The zero-order valence-corrected chi connectivity index (χ0v) is 14.4. The van der Waals surface area contributed by atoms with E-state index in [0.29, 0.717) is 21.7 Å². The maximum absolute atomic E-state index is 12.2. The van der Waals surface area contributed by atoms with Gasteiger partial charge in [0, 0.05) is 16.3 Å². The van der Waals surface area contributed by atoms with Gasteiger partial charge in [-0.3, -0.25) is 9.89 Å². The number of carbonyl (C=O) groups is 1. The SMILES string of the molecule is C[C@H](Sc1n[nH]c(-c2ccccc2)n1)C(=O)Nc1ccc(Cl)cc1. The number of halogens is 1. The second-order valence-corrected chi connectivity index (χ2v) is 6.83. The molecule has 7 heteroatoms. The molecule has 0 aliphatic rings. The Kier molecular flexibility index (Phi) is 5.17. The molecule has 0 saturated carbocycles. The predicted molar refractivity (Wildman–Crippen MR) is 97.2 cm³/mol. The van der Waals surface area contributed by atoms with Crippen molar-refractivity contribution in [2.45, 2.75) is 17.3 Å². The van der Waals surface area contributed by atoms with E-state index in [0.717, 1.165) is 5.56 Å². The van der Waals surface area contributed by atoms with Crippen LogP contribution in [0.1, 0.15) is 6.92 Å². The number of hydrogen-bond acceptors (Lipinski definition) is 4. The molecule has 0 aliphatic heterocycles. The van der Waals surface area contributed by atoms with Crippen molar-refractivity contribution in [1.29, 1.82) is 0 Å². The van der Waals surface area contributed by atoms with Crippen molar-refractivity contribution in [3.05, 3.63) is 59.6 Å². The first kappa shape index (κ1) is 16.5. The van der Waals surface area contributed by atoms with Gasteiger partial charge >= 0.3 is 0 Å². The lowest BCUT2D eigenvalue weighted by Gasteiger charge is -2.10. The standard InChI is InChI=1S/C17H15ClN4OS/c1-11(16(23)19-14-9-7-13(18)8-10-14)24-17-20-15(21-22-17)12-5-3-2-4-6-12/h2-11H,1H3,(H,19,23)(H,20,21,22)/t11-/m0/s1. The Hall–Kier alpha value is -2.31. The minimum Gasteiger partial charge on any atom is -0.325 e. The van der Waals surface area contributed by atoms with Crippen LogP contribution in [-0.4, -0.2) is 26.3 Å². The summed E-state index contributed by atoms with van der Waals surface area (Å²) < 4.78 is 0. The van der Waals surface area contributed by atoms with Crippen molar-refractivity contribution in [1.82, 2.24) is 15.2 Å². The van der Waals surface area contributed by atoms with Gasteiger partial charge in [-0.25, -0.2) is 4.98 Å². The number of H-pyrrole nitrogens is 1. The van der Waals surface area contributed by atoms with Crippen molar-refractivity contribution in [2.24, 2.45) is 0 Å². The summed E-state index contributed by atoms with van der Waals surface area (Å²) in [4.78, 5) is 16.7. The van der Waals surface area contributed by atoms with E-state index in [1.165, 1.54) is 11.8 Å². The summed E-state index contributed by atoms with van der Waals surface area (Å²) in [6.45, 7) is 1.81. The van der Waals surface area contributed by atoms with E-state index in [4.69, 9.17) is 11.6 Å². The van der Waals surface area contributed by atoms with E-state index in [1.54, 1.807) is 24.3 Å². The number of aromatic amines is 1. The summed E-state index contributed by atoms with van der Waals surface area (Å²) >= 11 is 7.13. The first-order valence-electron chi connectivity index (χ1n) is 7.33. The fourth-order valence-electron chi connectivity index (χ4n) is 2.01. The molecule has 0 radical (unpaired) electrons. The maximum Gasteiger partial charge on any atom is 0.237 e. The van der Waals surface area contributed by atoms with Gasteiger partial charge in [-0.05, 0) is 31.2 Å². The lowest BCUT2D eigenvalue weighted by molar-refractivity contribution is -0.115. The molecule has 122 valence electrons. The molecule has 0 aliphatic carbocycles. The third kappa shape index (κ3) is 4.15. The molecule has 0 bridgehead atoms. The van der Waals surface area contributed by atoms with Crippen molar-refractivity contribution in [2.75, 3.05) is 5.32 Å². The number of carbonyl (C=O) groups excluding carboxylic acids is 1. The van der Waals surface area contributed by atoms with Crippen molar-refractivity contribution in [3.63, 3.8) is 0 Å². The van der Waals surface area contributed by atoms with Crippen LogP contribution in [-0.2, 0) is 4.79 Å². The van der Waals surface area contributed by atoms with Crippen LogP contribution in [0.3, 0.4) is 0 Å². The van der Waals surface area contributed by atoms with Gasteiger partial charge in [0.15, 0.2) is 5.82 Å². The van der Waals surface area contributed by atoms with Crippen LogP contribution in [0.25, 0.3) is 11.4 Å². The van der Waals surface area contributed by atoms with E-state index in [9.17, 15) is 4.79 Å². The highest BCUT2D eigenvalue weighted by Gasteiger charge is 2.17. The highest BCUT2D eigenvalue weighted by Crippen LogP contribution is 2.23. The van der Waals surface area contributed by atoms with E-state index < -0.39 is 0 Å². The molecule has 5 nitrogen and oxygen atoms in total. The highest BCUT2D eigenvalue weighted by molar-refractivity contribution is 8.00. The lowest BCUT2D eigenvalue weighted by Crippen LogP contribution is -2.22. The van der Waals surface area contributed by atoms with Gasteiger partial charge < -0.3 is 5.32 Å². The van der Waals surface area contributed by atoms with Crippen LogP contribution in [0.2, 0.25) is 5.02 Å². The van der Waals surface area contributed by atoms with Crippen LogP contribution in [0, 0.1) is 0 Å². The number of hydrogen-bond donors (Lipinski definition) is 2. The Morgan fingerprint density at radius 2 is 1.88 bits per heavy atom. The molecule has 1 heterocycles. The summed E-state index contributed by atoms with van der Waals surface area (Å²) in [5, 5.41) is 10.7. The number of nitrogens with one attached hydrogen (secondary N) is 2. The third-order valence-corrected chi connectivity index (χ3v) is 4.49. The molecule has 0 spiro atoms. The molecule has 1 aromatic heterocycles. The smallest absolute Gasteiger partial charge is 0.237 e. The van der Waals surface area contributed by atoms with E-state index in [1.807, 2.05) is 37.3 Å². The van der Waals surface area contributed by atoms with Crippen LogP contribution >= 0.6 is 23.4 Å². The Balaban J connectivity index is 1.62. The monoisotopic (exact) mass is 358 g/mol. The normalized spacial score (nSPS) is 11.9. The van der Waals surface area contributed by atoms with Crippen molar-refractivity contribution < 1.29 is 4.79 Å². The minimum atomic E-state index is -0.333. The lowest BCUT2D eigenvalue weighted by atomic mass is 10.2. The fourth-order valence-corrected chi connectivity index (χ4v) is 2.86. The highest BCUT2D eigenvalue weighted by atomic mass is 35.5. The Morgan fingerprint density at radius 3 is 2.58 bits per heavy atom. The molecule has 0 unspecified atom stereocenters. The molecule has 0 saturated heterocycles. The van der Waals surface area contributed by atoms with E-state index >= 15 is 0 Å². The van der Waals surface area contributed by atoms with Gasteiger partial charge in [-0.2, -0.15) is 0 Å². The van der Waals surface area contributed by atoms with Crippen LogP contribution in [0.15, 0.2) is 59.8 Å². The summed E-state index contributed by atoms with van der Waals surface area (Å²) in [5.41, 5.74) is 1.66. The quantitative estimate of drug-likeness (QED) is 0.669. The average Bonchev–Trinajstić information content (AvgIpc) is 3.06. The molecule has 0 fully saturated rings. The second-order valence-electron chi connectivity index (χ2n) is 5.09. The summed E-state index contributed by atoms with van der Waals surface area (Å²) in [5.74, 6) is 0.566. The Morgan fingerprint density at radius 1 is 1.17 bits per heavy atom. The van der Waals surface area contributed by atoms with E-state index in [-0.39, 0.29) is 11.2 Å². The number of aromatic nitrogens is 3. The molecule has 3 rings (SSSR count). The number of benzene rings is 2. The summed E-state index contributed by atoms with van der Waals surface area (Å²) in [7, 11) is 0. The first-order chi connectivity index (χ1) is 11.6. The molecule has 2 aromatic carbocycles. The zero-order valence-electron chi connectivity index (χ0n) is 12.9. The van der Waals surface area contributed by atoms with Gasteiger partial charge in [0.2, 0.25) is 11.1 Å². The van der Waals surface area contributed by atoms with Crippen LogP contribution < -0.4 is 5.32 Å². The number of nitrogens with zero attached hydrogens (tertiary/aromatic N) is 2. The number of rotatable bonds is 5. The van der Waals surface area contributed by atoms with Crippen molar-refractivity contribution >= 4 is 35.0 Å². The molecular weight excluding hydrogens is 344 g/mol.